The van der Waals surface area contributed by atoms with Crippen molar-refractivity contribution in [2.45, 2.75) is 26.2 Å². The summed E-state index contributed by atoms with van der Waals surface area (Å²) in [5, 5.41) is 0. The average molecular weight is 163 g/mol. The lowest BCUT2D eigenvalue weighted by Gasteiger charge is -2.40. The van der Waals surface area contributed by atoms with Crippen molar-refractivity contribution in [3.63, 3.8) is 0 Å². The Hall–Kier alpha value is -0.180. The minimum Gasteiger partial charge on any atom is -0.300 e. The van der Waals surface area contributed by atoms with E-state index >= 15 is 0 Å². The molecule has 0 saturated carbocycles. The highest BCUT2D eigenvalue weighted by Crippen LogP contribution is 2.37. The molecular formula is C8H15F2N. The van der Waals surface area contributed by atoms with Crippen LogP contribution in [0.25, 0.3) is 0 Å². The Labute approximate surface area is 66.4 Å². The van der Waals surface area contributed by atoms with E-state index in [4.69, 9.17) is 0 Å². The lowest BCUT2D eigenvalue weighted by Crippen LogP contribution is -2.48. The van der Waals surface area contributed by atoms with Gasteiger partial charge in [-0.05, 0) is 12.5 Å². The molecule has 1 rings (SSSR count). The van der Waals surface area contributed by atoms with Crippen LogP contribution in [0.2, 0.25) is 0 Å². The van der Waals surface area contributed by atoms with Gasteiger partial charge in [0.05, 0.1) is 6.54 Å². The van der Waals surface area contributed by atoms with Crippen LogP contribution in [-0.4, -0.2) is 31.0 Å². The van der Waals surface area contributed by atoms with Gasteiger partial charge in [-0.25, -0.2) is 8.78 Å². The van der Waals surface area contributed by atoms with Gasteiger partial charge in [0.25, 0.3) is 5.92 Å². The first kappa shape index (κ1) is 8.91. The lowest BCUT2D eigenvalue weighted by atomic mass is 9.82. The molecule has 0 unspecified atom stereocenters. The molecule has 1 aliphatic rings. The van der Waals surface area contributed by atoms with Crippen LogP contribution in [0.1, 0.15) is 20.3 Å². The maximum atomic E-state index is 12.9. The molecule has 0 aromatic heterocycles. The molecule has 0 amide bonds. The molecule has 0 aliphatic carbocycles. The Kier molecular flexibility index (Phi) is 1.95. The van der Waals surface area contributed by atoms with E-state index in [2.05, 4.69) is 0 Å². The van der Waals surface area contributed by atoms with Crippen molar-refractivity contribution < 1.29 is 8.78 Å². The van der Waals surface area contributed by atoms with Crippen LogP contribution in [0, 0.1) is 5.41 Å². The fraction of sp³-hybridized carbons (Fsp3) is 1.00. The van der Waals surface area contributed by atoms with Crippen LogP contribution in [0.5, 0.6) is 0 Å². The van der Waals surface area contributed by atoms with Crippen LogP contribution in [0.3, 0.4) is 0 Å². The van der Waals surface area contributed by atoms with Crippen molar-refractivity contribution in [3.8, 4) is 0 Å². The van der Waals surface area contributed by atoms with Crippen LogP contribution >= 0.6 is 0 Å². The van der Waals surface area contributed by atoms with Gasteiger partial charge in [0.2, 0.25) is 0 Å². The van der Waals surface area contributed by atoms with Crippen LogP contribution in [-0.2, 0) is 0 Å². The van der Waals surface area contributed by atoms with Gasteiger partial charge < -0.3 is 4.90 Å². The van der Waals surface area contributed by atoms with E-state index < -0.39 is 5.92 Å². The fourth-order valence-electron chi connectivity index (χ4n) is 1.99. The highest BCUT2D eigenvalue weighted by Gasteiger charge is 2.42. The minimum atomic E-state index is -2.49. The zero-order chi connectivity index (χ0) is 8.70. The molecule has 11 heavy (non-hydrogen) atoms. The molecular weight excluding hydrogens is 148 g/mol. The first-order valence-electron chi connectivity index (χ1n) is 3.87. The van der Waals surface area contributed by atoms with E-state index in [0.717, 1.165) is 6.54 Å². The van der Waals surface area contributed by atoms with Crippen molar-refractivity contribution in [1.29, 1.82) is 0 Å². The Morgan fingerprint density at radius 3 is 2.09 bits per heavy atom. The highest BCUT2D eigenvalue weighted by atomic mass is 19.3. The summed E-state index contributed by atoms with van der Waals surface area (Å²) in [5.41, 5.74) is -0.240. The van der Waals surface area contributed by atoms with Crippen molar-refractivity contribution in [2.24, 2.45) is 5.41 Å². The van der Waals surface area contributed by atoms with Gasteiger partial charge in [0.15, 0.2) is 0 Å². The number of likely N-dealkylation sites (tertiary alicyclic amines) is 1. The zero-order valence-corrected chi connectivity index (χ0v) is 7.32. The number of halogens is 2. The molecule has 0 spiro atoms. The third kappa shape index (κ3) is 2.40. The van der Waals surface area contributed by atoms with Gasteiger partial charge >= 0.3 is 0 Å². The molecule has 0 aromatic rings. The number of nitrogens with zero attached hydrogens (tertiary/aromatic N) is 1. The van der Waals surface area contributed by atoms with Crippen LogP contribution in [0.4, 0.5) is 8.78 Å². The molecule has 1 heterocycles. The third-order valence-electron chi connectivity index (χ3n) is 1.94. The molecule has 1 saturated heterocycles. The Balaban J connectivity index is 2.66. The summed E-state index contributed by atoms with van der Waals surface area (Å²) in [5.74, 6) is -2.49. The molecule has 1 nitrogen and oxygen atoms in total. The molecule has 1 aliphatic heterocycles. The second kappa shape index (κ2) is 2.41. The lowest BCUT2D eigenvalue weighted by molar-refractivity contribution is -0.0991. The number of rotatable bonds is 0. The largest absolute Gasteiger partial charge is 0.300 e. The minimum absolute atomic E-state index is 0.0182. The van der Waals surface area contributed by atoms with Gasteiger partial charge in [0.1, 0.15) is 0 Å². The Morgan fingerprint density at radius 1 is 1.18 bits per heavy atom. The van der Waals surface area contributed by atoms with Gasteiger partial charge in [-0.1, -0.05) is 13.8 Å². The second-order valence-corrected chi connectivity index (χ2v) is 4.37. The van der Waals surface area contributed by atoms with Crippen molar-refractivity contribution in [3.05, 3.63) is 0 Å². The summed E-state index contributed by atoms with van der Waals surface area (Å²) >= 11 is 0. The quantitative estimate of drug-likeness (QED) is 0.528. The summed E-state index contributed by atoms with van der Waals surface area (Å²) in [6, 6.07) is 0. The normalized spacial score (nSPS) is 30.3. The predicted molar refractivity (Wildman–Crippen MR) is 40.8 cm³/mol. The summed E-state index contributed by atoms with van der Waals surface area (Å²) in [4.78, 5) is 1.70. The SMILES string of the molecule is CN1CC(C)(C)CC(F)(F)C1. The molecule has 0 atom stereocenters. The van der Waals surface area contributed by atoms with E-state index in [9.17, 15) is 8.78 Å². The van der Waals surface area contributed by atoms with E-state index in [1.165, 1.54) is 0 Å². The van der Waals surface area contributed by atoms with E-state index in [0.29, 0.717) is 0 Å². The predicted octanol–water partition coefficient (Wildman–Crippen LogP) is 1.98. The van der Waals surface area contributed by atoms with Crippen molar-refractivity contribution in [2.75, 3.05) is 20.1 Å². The topological polar surface area (TPSA) is 3.24 Å². The molecule has 0 radical (unpaired) electrons. The third-order valence-corrected chi connectivity index (χ3v) is 1.94. The summed E-state index contributed by atoms with van der Waals surface area (Å²) < 4.78 is 25.8. The maximum Gasteiger partial charge on any atom is 0.261 e. The summed E-state index contributed by atoms with van der Waals surface area (Å²) in [6.07, 6.45) is 0.0182. The van der Waals surface area contributed by atoms with E-state index in [1.807, 2.05) is 13.8 Å². The molecule has 0 bridgehead atoms. The fourth-order valence-corrected chi connectivity index (χ4v) is 1.99. The van der Waals surface area contributed by atoms with Gasteiger partial charge in [-0.3, -0.25) is 0 Å². The van der Waals surface area contributed by atoms with Gasteiger partial charge in [-0.2, -0.15) is 0 Å². The van der Waals surface area contributed by atoms with Crippen molar-refractivity contribution in [1.82, 2.24) is 4.90 Å². The van der Waals surface area contributed by atoms with E-state index in [-0.39, 0.29) is 18.4 Å². The number of hydrogen-bond donors (Lipinski definition) is 0. The van der Waals surface area contributed by atoms with Crippen molar-refractivity contribution >= 4 is 0 Å². The second-order valence-electron chi connectivity index (χ2n) is 4.37. The first-order chi connectivity index (χ1) is 4.81. The average Bonchev–Trinajstić information content (AvgIpc) is 1.49. The van der Waals surface area contributed by atoms with Gasteiger partial charge in [-0.15, -0.1) is 0 Å². The standard InChI is InChI=1S/C8H15F2N/c1-7(2)4-8(9,10)6-11(3)5-7/h4-6H2,1-3H3. The first-order valence-corrected chi connectivity index (χ1v) is 3.87. The maximum absolute atomic E-state index is 12.9. The van der Waals surface area contributed by atoms with Crippen LogP contribution < -0.4 is 0 Å². The molecule has 0 aromatic carbocycles. The monoisotopic (exact) mass is 163 g/mol. The molecule has 1 fully saturated rings. The summed E-state index contributed by atoms with van der Waals surface area (Å²) in [6.45, 7) is 4.45. The zero-order valence-electron chi connectivity index (χ0n) is 7.32. The smallest absolute Gasteiger partial charge is 0.261 e. The molecule has 66 valence electrons. The number of alkyl halides is 2. The molecule has 0 N–H and O–H groups in total. The summed E-state index contributed by atoms with van der Waals surface area (Å²) in [7, 11) is 1.74. The Morgan fingerprint density at radius 2 is 1.73 bits per heavy atom. The Bertz CT molecular complexity index is 138. The van der Waals surface area contributed by atoms with Crippen LogP contribution in [0.15, 0.2) is 0 Å². The van der Waals surface area contributed by atoms with Gasteiger partial charge in [0, 0.05) is 13.0 Å². The number of hydrogen-bond acceptors (Lipinski definition) is 1. The highest BCUT2D eigenvalue weighted by molar-refractivity contribution is 4.87. The van der Waals surface area contributed by atoms with E-state index in [1.54, 1.807) is 11.9 Å². The number of piperidine rings is 1. The molecule has 3 heteroatoms.